The first-order chi connectivity index (χ1) is 8.27. The summed E-state index contributed by atoms with van der Waals surface area (Å²) in [6.07, 6.45) is 0.909. The molecular formula is C13H20N2O2. The lowest BCUT2D eigenvalue weighted by atomic mass is 10.1. The monoisotopic (exact) mass is 236 g/mol. The van der Waals surface area contributed by atoms with Gasteiger partial charge in [0.15, 0.2) is 0 Å². The highest BCUT2D eigenvalue weighted by Crippen LogP contribution is 2.10. The Hall–Kier alpha value is -1.39. The summed E-state index contributed by atoms with van der Waals surface area (Å²) in [5.41, 5.74) is 6.67. The lowest BCUT2D eigenvalue weighted by Crippen LogP contribution is -2.35. The highest BCUT2D eigenvalue weighted by Gasteiger charge is 2.12. The van der Waals surface area contributed by atoms with Crippen molar-refractivity contribution >= 4 is 5.91 Å². The van der Waals surface area contributed by atoms with Gasteiger partial charge in [-0.2, -0.15) is 0 Å². The van der Waals surface area contributed by atoms with Gasteiger partial charge >= 0.3 is 0 Å². The van der Waals surface area contributed by atoms with E-state index in [2.05, 4.69) is 5.32 Å². The van der Waals surface area contributed by atoms with Crippen LogP contribution in [0.25, 0.3) is 0 Å². The van der Waals surface area contributed by atoms with Crippen LogP contribution in [0.4, 0.5) is 0 Å². The molecule has 1 atom stereocenters. The Kier molecular flexibility index (Phi) is 6.29. The van der Waals surface area contributed by atoms with Crippen molar-refractivity contribution in [3.8, 4) is 0 Å². The lowest BCUT2D eigenvalue weighted by Gasteiger charge is -2.17. The van der Waals surface area contributed by atoms with Crippen molar-refractivity contribution in [2.45, 2.75) is 19.4 Å². The Morgan fingerprint density at radius 3 is 2.71 bits per heavy atom. The molecule has 4 nitrogen and oxygen atoms in total. The van der Waals surface area contributed by atoms with Crippen molar-refractivity contribution in [3.63, 3.8) is 0 Å². The average molecular weight is 236 g/mol. The van der Waals surface area contributed by atoms with Gasteiger partial charge in [0, 0.05) is 13.2 Å². The largest absolute Gasteiger partial charge is 0.372 e. The average Bonchev–Trinajstić information content (AvgIpc) is 2.37. The quantitative estimate of drug-likeness (QED) is 0.700. The first-order valence-corrected chi connectivity index (χ1v) is 5.90. The zero-order chi connectivity index (χ0) is 12.5. The fraction of sp³-hybridized carbons (Fsp3) is 0.462. The molecule has 0 spiro atoms. The van der Waals surface area contributed by atoms with Crippen LogP contribution in [0, 0.1) is 0 Å². The first-order valence-electron chi connectivity index (χ1n) is 5.90. The van der Waals surface area contributed by atoms with Crippen LogP contribution in [-0.4, -0.2) is 25.7 Å². The van der Waals surface area contributed by atoms with E-state index in [-0.39, 0.29) is 18.6 Å². The van der Waals surface area contributed by atoms with Crippen molar-refractivity contribution in [1.29, 1.82) is 0 Å². The van der Waals surface area contributed by atoms with Gasteiger partial charge in [-0.1, -0.05) is 37.3 Å². The third-order valence-electron chi connectivity index (χ3n) is 2.35. The van der Waals surface area contributed by atoms with E-state index < -0.39 is 0 Å². The van der Waals surface area contributed by atoms with E-state index in [9.17, 15) is 4.79 Å². The van der Waals surface area contributed by atoms with Crippen molar-refractivity contribution in [1.82, 2.24) is 5.32 Å². The van der Waals surface area contributed by atoms with E-state index in [0.717, 1.165) is 12.0 Å². The SMILES string of the molecule is CCCOCC(=O)NC(CN)c1ccccc1. The number of carbonyl (C=O) groups is 1. The summed E-state index contributed by atoms with van der Waals surface area (Å²) in [6.45, 7) is 3.08. The van der Waals surface area contributed by atoms with Gasteiger partial charge in [0.1, 0.15) is 6.61 Å². The van der Waals surface area contributed by atoms with Gasteiger partial charge in [-0.05, 0) is 12.0 Å². The second kappa shape index (κ2) is 7.81. The number of hydrogen-bond donors (Lipinski definition) is 2. The third kappa shape index (κ3) is 4.97. The van der Waals surface area contributed by atoms with Gasteiger partial charge in [0.25, 0.3) is 0 Å². The van der Waals surface area contributed by atoms with Gasteiger partial charge in [0.2, 0.25) is 5.91 Å². The fourth-order valence-corrected chi connectivity index (χ4v) is 1.51. The van der Waals surface area contributed by atoms with Gasteiger partial charge in [-0.25, -0.2) is 0 Å². The first kappa shape index (κ1) is 13.7. The number of rotatable bonds is 7. The Morgan fingerprint density at radius 2 is 2.12 bits per heavy atom. The van der Waals surface area contributed by atoms with E-state index in [1.54, 1.807) is 0 Å². The molecule has 0 saturated heterocycles. The normalized spacial score (nSPS) is 12.1. The van der Waals surface area contributed by atoms with Crippen LogP contribution in [0.15, 0.2) is 30.3 Å². The molecule has 0 aromatic heterocycles. The van der Waals surface area contributed by atoms with Crippen LogP contribution >= 0.6 is 0 Å². The topological polar surface area (TPSA) is 64.3 Å². The van der Waals surface area contributed by atoms with Crippen LogP contribution < -0.4 is 11.1 Å². The van der Waals surface area contributed by atoms with Gasteiger partial charge < -0.3 is 15.8 Å². The molecule has 17 heavy (non-hydrogen) atoms. The van der Waals surface area contributed by atoms with Crippen LogP contribution in [0.3, 0.4) is 0 Å². The standard InChI is InChI=1S/C13H20N2O2/c1-2-8-17-10-13(16)15-12(9-14)11-6-4-3-5-7-11/h3-7,12H,2,8-10,14H2,1H3,(H,15,16). The number of ether oxygens (including phenoxy) is 1. The Bertz CT molecular complexity index is 327. The summed E-state index contributed by atoms with van der Waals surface area (Å²) >= 11 is 0. The summed E-state index contributed by atoms with van der Waals surface area (Å²) in [7, 11) is 0. The molecule has 1 rings (SSSR count). The van der Waals surface area contributed by atoms with Gasteiger partial charge in [0.05, 0.1) is 6.04 Å². The van der Waals surface area contributed by atoms with Crippen LogP contribution in [-0.2, 0) is 9.53 Å². The maximum Gasteiger partial charge on any atom is 0.246 e. The van der Waals surface area contributed by atoms with Gasteiger partial charge in [-0.3, -0.25) is 4.79 Å². The van der Waals surface area contributed by atoms with Crippen molar-refractivity contribution in [2.75, 3.05) is 19.8 Å². The molecule has 0 aliphatic heterocycles. The van der Waals surface area contributed by atoms with E-state index in [1.165, 1.54) is 0 Å². The van der Waals surface area contributed by atoms with Crippen LogP contribution in [0.2, 0.25) is 0 Å². The molecule has 3 N–H and O–H groups in total. The number of carbonyl (C=O) groups excluding carboxylic acids is 1. The summed E-state index contributed by atoms with van der Waals surface area (Å²) < 4.78 is 5.17. The molecule has 1 aromatic carbocycles. The molecule has 0 bridgehead atoms. The molecule has 0 aliphatic carbocycles. The highest BCUT2D eigenvalue weighted by molar-refractivity contribution is 5.77. The predicted molar refractivity (Wildman–Crippen MR) is 67.5 cm³/mol. The Labute approximate surface area is 102 Å². The summed E-state index contributed by atoms with van der Waals surface area (Å²) in [5, 5.41) is 2.85. The second-order valence-corrected chi connectivity index (χ2v) is 3.82. The van der Waals surface area contributed by atoms with Gasteiger partial charge in [-0.15, -0.1) is 0 Å². The number of benzene rings is 1. The zero-order valence-corrected chi connectivity index (χ0v) is 10.2. The molecular weight excluding hydrogens is 216 g/mol. The Balaban J connectivity index is 2.44. The minimum Gasteiger partial charge on any atom is -0.372 e. The molecule has 0 fully saturated rings. The molecule has 0 heterocycles. The molecule has 0 saturated carbocycles. The second-order valence-electron chi connectivity index (χ2n) is 3.82. The maximum atomic E-state index is 11.6. The molecule has 1 amide bonds. The number of amides is 1. The number of hydrogen-bond acceptors (Lipinski definition) is 3. The zero-order valence-electron chi connectivity index (χ0n) is 10.2. The fourth-order valence-electron chi connectivity index (χ4n) is 1.51. The van der Waals surface area contributed by atoms with Crippen molar-refractivity contribution in [3.05, 3.63) is 35.9 Å². The van der Waals surface area contributed by atoms with E-state index >= 15 is 0 Å². The number of nitrogens with one attached hydrogen (secondary N) is 1. The molecule has 0 radical (unpaired) electrons. The van der Waals surface area contributed by atoms with E-state index in [1.807, 2.05) is 37.3 Å². The molecule has 1 aromatic rings. The summed E-state index contributed by atoms with van der Waals surface area (Å²) in [6, 6.07) is 9.54. The molecule has 4 heteroatoms. The summed E-state index contributed by atoms with van der Waals surface area (Å²) in [4.78, 5) is 11.6. The molecule has 1 unspecified atom stereocenters. The Morgan fingerprint density at radius 1 is 1.41 bits per heavy atom. The van der Waals surface area contributed by atoms with E-state index in [4.69, 9.17) is 10.5 Å². The van der Waals surface area contributed by atoms with Crippen LogP contribution in [0.1, 0.15) is 24.9 Å². The van der Waals surface area contributed by atoms with Crippen molar-refractivity contribution in [2.24, 2.45) is 5.73 Å². The molecule has 0 aliphatic rings. The van der Waals surface area contributed by atoms with E-state index in [0.29, 0.717) is 13.2 Å². The summed E-state index contributed by atoms with van der Waals surface area (Å²) in [5.74, 6) is -0.127. The van der Waals surface area contributed by atoms with Crippen LogP contribution in [0.5, 0.6) is 0 Å². The van der Waals surface area contributed by atoms with Crippen molar-refractivity contribution < 1.29 is 9.53 Å². The molecule has 94 valence electrons. The number of nitrogens with two attached hydrogens (primary N) is 1. The predicted octanol–water partition coefficient (Wildman–Crippen LogP) is 1.23. The highest BCUT2D eigenvalue weighted by atomic mass is 16.5. The minimum absolute atomic E-state index is 0.0944. The third-order valence-corrected chi connectivity index (χ3v) is 2.35. The lowest BCUT2D eigenvalue weighted by molar-refractivity contribution is -0.126. The minimum atomic E-state index is -0.145. The smallest absolute Gasteiger partial charge is 0.246 e. The maximum absolute atomic E-state index is 11.6.